The second-order valence-electron chi connectivity index (χ2n) is 8.84. The van der Waals surface area contributed by atoms with Gasteiger partial charge in [-0.1, -0.05) is 47.5 Å². The van der Waals surface area contributed by atoms with Crippen molar-refractivity contribution in [2.45, 2.75) is 56.4 Å². The van der Waals surface area contributed by atoms with Crippen molar-refractivity contribution >= 4 is 29.0 Å². The molecule has 3 aromatic rings. The Bertz CT molecular complexity index is 1100. The SMILES string of the molecule is NC1Cc2ccccc2C1.Nc1nc(C2CC2)c(-c2ccc(Cl)cc2Cl)nc1C1CC1. The highest BCUT2D eigenvalue weighted by molar-refractivity contribution is 6.36. The number of aromatic nitrogens is 2. The van der Waals surface area contributed by atoms with Gasteiger partial charge in [-0.2, -0.15) is 0 Å². The predicted octanol–water partition coefficient (Wildman–Crippen LogP) is 5.90. The Hall–Kier alpha value is -2.14. The molecule has 1 heterocycles. The van der Waals surface area contributed by atoms with Gasteiger partial charge in [0.15, 0.2) is 0 Å². The van der Waals surface area contributed by atoms with Gasteiger partial charge in [-0.3, -0.25) is 0 Å². The highest BCUT2D eigenvalue weighted by Crippen LogP contribution is 2.47. The lowest BCUT2D eigenvalue weighted by Gasteiger charge is -2.13. The van der Waals surface area contributed by atoms with Gasteiger partial charge in [0.05, 0.1) is 22.1 Å². The lowest BCUT2D eigenvalue weighted by Crippen LogP contribution is -2.18. The van der Waals surface area contributed by atoms with Gasteiger partial charge in [0.25, 0.3) is 0 Å². The molecule has 1 aromatic heterocycles. The number of halogens is 2. The smallest absolute Gasteiger partial charge is 0.145 e. The van der Waals surface area contributed by atoms with Crippen molar-refractivity contribution in [3.8, 4) is 11.3 Å². The monoisotopic (exact) mass is 452 g/mol. The van der Waals surface area contributed by atoms with Crippen LogP contribution in [-0.4, -0.2) is 16.0 Å². The van der Waals surface area contributed by atoms with Crippen LogP contribution in [-0.2, 0) is 12.8 Å². The Morgan fingerprint density at radius 3 is 2.00 bits per heavy atom. The third kappa shape index (κ3) is 4.57. The van der Waals surface area contributed by atoms with E-state index in [9.17, 15) is 0 Å². The fourth-order valence-corrected chi connectivity index (χ4v) is 4.74. The summed E-state index contributed by atoms with van der Waals surface area (Å²) in [4.78, 5) is 9.50. The third-order valence-corrected chi connectivity index (χ3v) is 6.72. The zero-order valence-electron chi connectivity index (χ0n) is 17.3. The molecule has 31 heavy (non-hydrogen) atoms. The first-order chi connectivity index (χ1) is 15.0. The molecule has 2 fully saturated rings. The van der Waals surface area contributed by atoms with E-state index >= 15 is 0 Å². The first-order valence-corrected chi connectivity index (χ1v) is 11.7. The summed E-state index contributed by atoms with van der Waals surface area (Å²) in [7, 11) is 0. The second kappa shape index (κ2) is 8.42. The fraction of sp³-hybridized carbons (Fsp3) is 0.360. The molecule has 0 bridgehead atoms. The molecule has 0 radical (unpaired) electrons. The molecule has 0 amide bonds. The highest BCUT2D eigenvalue weighted by Gasteiger charge is 2.34. The van der Waals surface area contributed by atoms with Crippen LogP contribution in [0.5, 0.6) is 0 Å². The van der Waals surface area contributed by atoms with E-state index in [2.05, 4.69) is 29.2 Å². The van der Waals surface area contributed by atoms with Gasteiger partial charge in [0, 0.05) is 28.5 Å². The van der Waals surface area contributed by atoms with E-state index in [4.69, 9.17) is 39.7 Å². The van der Waals surface area contributed by atoms with Gasteiger partial charge >= 0.3 is 0 Å². The molecule has 3 aliphatic carbocycles. The van der Waals surface area contributed by atoms with Crippen molar-refractivity contribution in [1.29, 1.82) is 0 Å². The maximum atomic E-state index is 6.36. The normalized spacial score (nSPS) is 17.8. The number of anilines is 1. The average molecular weight is 453 g/mol. The average Bonchev–Trinajstić information content (AvgIpc) is 3.65. The van der Waals surface area contributed by atoms with Crippen LogP contribution < -0.4 is 11.5 Å². The molecule has 0 saturated heterocycles. The summed E-state index contributed by atoms with van der Waals surface area (Å²) in [5.74, 6) is 1.53. The Kier molecular flexibility index (Phi) is 5.63. The largest absolute Gasteiger partial charge is 0.382 e. The molecule has 6 heteroatoms. The van der Waals surface area contributed by atoms with Crippen molar-refractivity contribution in [3.05, 3.63) is 75.0 Å². The number of hydrogen-bond donors (Lipinski definition) is 2. The van der Waals surface area contributed by atoms with E-state index in [1.165, 1.54) is 11.1 Å². The minimum absolute atomic E-state index is 0.373. The maximum Gasteiger partial charge on any atom is 0.145 e. The van der Waals surface area contributed by atoms with Crippen LogP contribution in [0.25, 0.3) is 11.3 Å². The molecule has 2 saturated carbocycles. The van der Waals surface area contributed by atoms with Crippen molar-refractivity contribution in [2.24, 2.45) is 5.73 Å². The van der Waals surface area contributed by atoms with E-state index in [0.29, 0.717) is 33.7 Å². The molecule has 2 aromatic carbocycles. The van der Waals surface area contributed by atoms with Gasteiger partial charge in [-0.05, 0) is 67.9 Å². The molecule has 0 spiro atoms. The first-order valence-electron chi connectivity index (χ1n) is 10.9. The number of fused-ring (bicyclic) bond motifs is 1. The zero-order valence-corrected chi connectivity index (χ0v) is 18.8. The summed E-state index contributed by atoms with van der Waals surface area (Å²) in [5, 5.41) is 1.24. The standard InChI is InChI=1S/C16H15Cl2N3.C9H11N/c17-10-5-6-11(12(18)7-10)15-13(8-1-2-8)21-16(19)14(20-15)9-3-4-9;10-9-5-7-3-1-2-4-8(7)6-9/h5-9H,1-4H2,(H2,19,21);1-4,9H,5-6,10H2. The summed E-state index contributed by atoms with van der Waals surface area (Å²) in [5.41, 5.74) is 18.5. The van der Waals surface area contributed by atoms with Gasteiger partial charge in [-0.25, -0.2) is 9.97 Å². The molecule has 6 rings (SSSR count). The van der Waals surface area contributed by atoms with Crippen LogP contribution in [0.3, 0.4) is 0 Å². The summed E-state index contributed by atoms with van der Waals surface area (Å²) < 4.78 is 0. The Morgan fingerprint density at radius 1 is 0.806 bits per heavy atom. The van der Waals surface area contributed by atoms with Gasteiger partial charge < -0.3 is 11.5 Å². The molecular weight excluding hydrogens is 427 g/mol. The number of nitrogens with two attached hydrogens (primary N) is 2. The van der Waals surface area contributed by atoms with Gasteiger partial charge in [0.2, 0.25) is 0 Å². The second-order valence-corrected chi connectivity index (χ2v) is 9.68. The summed E-state index contributed by atoms with van der Waals surface area (Å²) >= 11 is 12.4. The lowest BCUT2D eigenvalue weighted by atomic mass is 10.1. The van der Waals surface area contributed by atoms with E-state index in [-0.39, 0.29) is 0 Å². The maximum absolute atomic E-state index is 6.36. The Morgan fingerprint density at radius 2 is 1.42 bits per heavy atom. The van der Waals surface area contributed by atoms with E-state index < -0.39 is 0 Å². The van der Waals surface area contributed by atoms with E-state index in [0.717, 1.165) is 61.2 Å². The Balaban J connectivity index is 0.000000171. The summed E-state index contributed by atoms with van der Waals surface area (Å²) in [6.45, 7) is 0. The molecule has 4 N–H and O–H groups in total. The van der Waals surface area contributed by atoms with Crippen LogP contribution in [0.4, 0.5) is 5.82 Å². The fourth-order valence-electron chi connectivity index (χ4n) is 4.25. The Labute approximate surface area is 193 Å². The van der Waals surface area contributed by atoms with E-state index in [1.807, 2.05) is 12.1 Å². The molecular formula is C25H26Cl2N4. The van der Waals surface area contributed by atoms with Crippen LogP contribution in [0.1, 0.15) is 60.0 Å². The van der Waals surface area contributed by atoms with Crippen LogP contribution in [0.15, 0.2) is 42.5 Å². The van der Waals surface area contributed by atoms with E-state index in [1.54, 1.807) is 6.07 Å². The number of hydrogen-bond acceptors (Lipinski definition) is 4. The third-order valence-electron chi connectivity index (χ3n) is 6.18. The number of benzene rings is 2. The molecule has 0 aliphatic heterocycles. The van der Waals surface area contributed by atoms with Crippen molar-refractivity contribution in [3.63, 3.8) is 0 Å². The number of nitrogen functional groups attached to an aromatic ring is 1. The number of rotatable bonds is 3. The van der Waals surface area contributed by atoms with Gasteiger partial charge in [-0.15, -0.1) is 0 Å². The molecule has 3 aliphatic rings. The topological polar surface area (TPSA) is 77.8 Å². The lowest BCUT2D eigenvalue weighted by molar-refractivity contribution is 0.721. The van der Waals surface area contributed by atoms with Crippen LogP contribution in [0.2, 0.25) is 10.0 Å². The molecule has 0 atom stereocenters. The molecule has 4 nitrogen and oxygen atoms in total. The number of nitrogens with zero attached hydrogens (tertiary/aromatic N) is 2. The van der Waals surface area contributed by atoms with Crippen molar-refractivity contribution in [1.82, 2.24) is 9.97 Å². The minimum atomic E-state index is 0.373. The quantitative estimate of drug-likeness (QED) is 0.518. The van der Waals surface area contributed by atoms with Crippen LogP contribution >= 0.6 is 23.2 Å². The minimum Gasteiger partial charge on any atom is -0.382 e. The summed E-state index contributed by atoms with van der Waals surface area (Å²) in [6, 6.07) is 14.4. The first kappa shape index (κ1) is 20.7. The predicted molar refractivity (Wildman–Crippen MR) is 128 cm³/mol. The highest BCUT2D eigenvalue weighted by atomic mass is 35.5. The zero-order chi connectivity index (χ0) is 21.5. The summed E-state index contributed by atoms with van der Waals surface area (Å²) in [6.07, 6.45) is 6.72. The molecule has 0 unspecified atom stereocenters. The van der Waals surface area contributed by atoms with Crippen molar-refractivity contribution < 1.29 is 0 Å². The van der Waals surface area contributed by atoms with Gasteiger partial charge in [0.1, 0.15) is 5.82 Å². The van der Waals surface area contributed by atoms with Crippen molar-refractivity contribution in [2.75, 3.05) is 5.73 Å². The molecule has 160 valence electrons. The van der Waals surface area contributed by atoms with Crippen LogP contribution in [0, 0.1) is 0 Å².